The zero-order valence-corrected chi connectivity index (χ0v) is 17.0. The Morgan fingerprint density at radius 2 is 1.71 bits per heavy atom. The van der Waals surface area contributed by atoms with Crippen LogP contribution in [0.1, 0.15) is 72.6 Å². The first-order chi connectivity index (χ1) is 11.5. The third kappa shape index (κ3) is 9.97. The monoisotopic (exact) mass is 336 g/mol. The first kappa shape index (κ1) is 23.0. The number of allylic oxidation sites excluding steroid dienone is 3. The Labute approximate surface area is 151 Å². The second-order valence-electron chi connectivity index (χ2n) is 7.16. The molecule has 140 valence electrons. The highest BCUT2D eigenvalue weighted by molar-refractivity contribution is 5.31. The van der Waals surface area contributed by atoms with Crippen LogP contribution >= 0.6 is 0 Å². The summed E-state index contributed by atoms with van der Waals surface area (Å²) < 4.78 is 11.1. The van der Waals surface area contributed by atoms with Crippen molar-refractivity contribution in [2.45, 2.75) is 72.6 Å². The Kier molecular flexibility index (Phi) is 13.7. The molecule has 0 radical (unpaired) electrons. The summed E-state index contributed by atoms with van der Waals surface area (Å²) in [6.07, 6.45) is 13.0. The fraction of sp³-hybridized carbons (Fsp3) is 0.727. The van der Waals surface area contributed by atoms with Gasteiger partial charge in [0.25, 0.3) is 0 Å². The summed E-state index contributed by atoms with van der Waals surface area (Å²) in [5.74, 6) is 2.03. The lowest BCUT2D eigenvalue weighted by Crippen LogP contribution is -2.05. The summed E-state index contributed by atoms with van der Waals surface area (Å²) >= 11 is 0. The molecular formula is C22H40O2. The minimum atomic E-state index is 0.511. The van der Waals surface area contributed by atoms with E-state index in [9.17, 15) is 0 Å². The molecule has 0 heterocycles. The second kappa shape index (κ2) is 14.3. The van der Waals surface area contributed by atoms with Gasteiger partial charge in [-0.1, -0.05) is 72.5 Å². The van der Waals surface area contributed by atoms with Gasteiger partial charge in [-0.2, -0.15) is 0 Å². The van der Waals surface area contributed by atoms with Crippen LogP contribution in [0.25, 0.3) is 0 Å². The van der Waals surface area contributed by atoms with E-state index in [1.165, 1.54) is 49.7 Å². The van der Waals surface area contributed by atoms with E-state index in [1.807, 2.05) is 6.08 Å². The molecule has 0 aromatic carbocycles. The maximum absolute atomic E-state index is 5.68. The maximum atomic E-state index is 5.68. The summed E-state index contributed by atoms with van der Waals surface area (Å²) in [6, 6.07) is 0. The van der Waals surface area contributed by atoms with Gasteiger partial charge >= 0.3 is 0 Å². The van der Waals surface area contributed by atoms with Crippen molar-refractivity contribution in [3.05, 3.63) is 35.6 Å². The van der Waals surface area contributed by atoms with Crippen LogP contribution in [0.2, 0.25) is 0 Å². The van der Waals surface area contributed by atoms with Crippen molar-refractivity contribution in [3.8, 4) is 0 Å². The number of ether oxygens (including phenoxy) is 2. The maximum Gasteiger partial charge on any atom is 0.120 e. The Morgan fingerprint density at radius 3 is 2.21 bits per heavy atom. The van der Waals surface area contributed by atoms with Crippen LogP contribution in [-0.4, -0.2) is 20.8 Å². The minimum absolute atomic E-state index is 0.511. The molecular weight excluding hydrogens is 296 g/mol. The molecule has 0 rings (SSSR count). The molecule has 0 N–H and O–H groups in total. The lowest BCUT2D eigenvalue weighted by Gasteiger charge is -2.17. The van der Waals surface area contributed by atoms with Crippen molar-refractivity contribution >= 4 is 0 Å². The molecule has 0 aromatic rings. The largest absolute Gasteiger partial charge is 0.497 e. The second-order valence-corrected chi connectivity index (χ2v) is 7.16. The smallest absolute Gasteiger partial charge is 0.120 e. The highest BCUT2D eigenvalue weighted by atomic mass is 16.5. The predicted molar refractivity (Wildman–Crippen MR) is 106 cm³/mol. The molecule has 0 aromatic heterocycles. The van der Waals surface area contributed by atoms with Gasteiger partial charge < -0.3 is 9.47 Å². The van der Waals surface area contributed by atoms with Crippen molar-refractivity contribution in [2.75, 3.05) is 20.8 Å². The molecule has 0 spiro atoms. The molecule has 0 aliphatic rings. The van der Waals surface area contributed by atoms with Gasteiger partial charge in [-0.3, -0.25) is 0 Å². The quantitative estimate of drug-likeness (QED) is 0.200. The Morgan fingerprint density at radius 1 is 1.04 bits per heavy atom. The third-order valence-corrected chi connectivity index (χ3v) is 4.38. The van der Waals surface area contributed by atoms with Crippen LogP contribution in [0.4, 0.5) is 0 Å². The number of unbranched alkanes of at least 4 members (excludes halogenated alkanes) is 4. The number of hydrogen-bond acceptors (Lipinski definition) is 2. The Balaban J connectivity index is 5.02. The van der Waals surface area contributed by atoms with Gasteiger partial charge in [-0.25, -0.2) is 0 Å². The van der Waals surface area contributed by atoms with Gasteiger partial charge in [0.2, 0.25) is 0 Å². The van der Waals surface area contributed by atoms with Crippen LogP contribution in [0.15, 0.2) is 35.6 Å². The molecule has 0 saturated heterocycles. The fourth-order valence-corrected chi connectivity index (χ4v) is 2.98. The van der Waals surface area contributed by atoms with Gasteiger partial charge in [0, 0.05) is 7.11 Å². The molecule has 0 saturated carbocycles. The van der Waals surface area contributed by atoms with Crippen LogP contribution in [0.3, 0.4) is 0 Å². The molecule has 0 amide bonds. The van der Waals surface area contributed by atoms with Crippen LogP contribution < -0.4 is 0 Å². The standard InChI is InChI=1S/C22H40O2/c1-8-10-11-12-13-14-19(5)20(9-2)16-22(24-7)21(17-23-6)15-18(3)4/h9,16,18-19H,2,8,10-15,17H2,1,3-7H3/b20-16+,22-21+. The van der Waals surface area contributed by atoms with Crippen molar-refractivity contribution in [1.29, 1.82) is 0 Å². The molecule has 0 bridgehead atoms. The van der Waals surface area contributed by atoms with E-state index in [2.05, 4.69) is 40.3 Å². The highest BCUT2D eigenvalue weighted by Gasteiger charge is 2.12. The average Bonchev–Trinajstić information content (AvgIpc) is 2.55. The Hall–Kier alpha value is -1.02. The SMILES string of the molecule is C=C/C(=C\C(OC)=C(/COC)CC(C)C)C(C)CCCCCCC. The molecule has 2 heteroatoms. The van der Waals surface area contributed by atoms with Gasteiger partial charge in [0.05, 0.1) is 13.7 Å². The van der Waals surface area contributed by atoms with Crippen molar-refractivity contribution in [1.82, 2.24) is 0 Å². The first-order valence-electron chi connectivity index (χ1n) is 9.59. The van der Waals surface area contributed by atoms with Crippen LogP contribution in [-0.2, 0) is 9.47 Å². The summed E-state index contributed by atoms with van der Waals surface area (Å²) in [5.41, 5.74) is 2.49. The van der Waals surface area contributed by atoms with Gasteiger partial charge in [0.15, 0.2) is 0 Å². The first-order valence-corrected chi connectivity index (χ1v) is 9.59. The molecule has 0 aliphatic heterocycles. The van der Waals surface area contributed by atoms with E-state index < -0.39 is 0 Å². The molecule has 0 aliphatic carbocycles. The summed E-state index contributed by atoms with van der Waals surface area (Å²) in [6.45, 7) is 13.6. The van der Waals surface area contributed by atoms with Gasteiger partial charge in [-0.05, 0) is 41.9 Å². The van der Waals surface area contributed by atoms with Crippen molar-refractivity contribution < 1.29 is 9.47 Å². The highest BCUT2D eigenvalue weighted by Crippen LogP contribution is 2.24. The molecule has 1 atom stereocenters. The van der Waals surface area contributed by atoms with E-state index in [0.29, 0.717) is 18.4 Å². The van der Waals surface area contributed by atoms with E-state index in [-0.39, 0.29) is 0 Å². The van der Waals surface area contributed by atoms with Crippen molar-refractivity contribution in [2.24, 2.45) is 11.8 Å². The normalized spacial score (nSPS) is 14.5. The van der Waals surface area contributed by atoms with Crippen LogP contribution in [0, 0.1) is 11.8 Å². The van der Waals surface area contributed by atoms with E-state index in [4.69, 9.17) is 9.47 Å². The topological polar surface area (TPSA) is 18.5 Å². The zero-order valence-electron chi connectivity index (χ0n) is 17.0. The molecule has 1 unspecified atom stereocenters. The molecule has 24 heavy (non-hydrogen) atoms. The zero-order chi connectivity index (χ0) is 18.4. The van der Waals surface area contributed by atoms with Crippen molar-refractivity contribution in [3.63, 3.8) is 0 Å². The van der Waals surface area contributed by atoms with E-state index >= 15 is 0 Å². The lowest BCUT2D eigenvalue weighted by molar-refractivity contribution is 0.209. The van der Waals surface area contributed by atoms with Gasteiger partial charge in [-0.15, -0.1) is 0 Å². The fourth-order valence-electron chi connectivity index (χ4n) is 2.98. The van der Waals surface area contributed by atoms with Crippen LogP contribution in [0.5, 0.6) is 0 Å². The third-order valence-electron chi connectivity index (χ3n) is 4.38. The average molecular weight is 337 g/mol. The summed E-state index contributed by atoms with van der Waals surface area (Å²) in [7, 11) is 3.49. The van der Waals surface area contributed by atoms with E-state index in [0.717, 1.165) is 12.2 Å². The number of methoxy groups -OCH3 is 2. The molecule has 2 nitrogen and oxygen atoms in total. The summed E-state index contributed by atoms with van der Waals surface area (Å²) in [5, 5.41) is 0. The summed E-state index contributed by atoms with van der Waals surface area (Å²) in [4.78, 5) is 0. The Bertz CT molecular complexity index is 391. The predicted octanol–water partition coefficient (Wildman–Crippen LogP) is 6.69. The lowest BCUT2D eigenvalue weighted by atomic mass is 9.93. The minimum Gasteiger partial charge on any atom is -0.497 e. The number of rotatable bonds is 14. The number of hydrogen-bond donors (Lipinski definition) is 0. The van der Waals surface area contributed by atoms with Gasteiger partial charge in [0.1, 0.15) is 5.76 Å². The molecule has 0 fully saturated rings. The van der Waals surface area contributed by atoms with E-state index in [1.54, 1.807) is 14.2 Å².